The summed E-state index contributed by atoms with van der Waals surface area (Å²) in [5.41, 5.74) is 2.04. The van der Waals surface area contributed by atoms with Crippen molar-refractivity contribution in [3.63, 3.8) is 0 Å². The quantitative estimate of drug-likeness (QED) is 0.140. The molecule has 0 fully saturated rings. The van der Waals surface area contributed by atoms with Crippen LogP contribution in [0.15, 0.2) is 66.7 Å². The zero-order valence-corrected chi connectivity index (χ0v) is 27.7. The van der Waals surface area contributed by atoms with Crippen molar-refractivity contribution >= 4 is 30.1 Å². The van der Waals surface area contributed by atoms with Gasteiger partial charge in [0.1, 0.15) is 19.8 Å². The van der Waals surface area contributed by atoms with Crippen molar-refractivity contribution in [3.8, 4) is 34.5 Å². The lowest BCUT2D eigenvalue weighted by Crippen LogP contribution is -2.34. The number of carbonyl (C=O) groups excluding carboxylic acids is 3. The van der Waals surface area contributed by atoms with Crippen LogP contribution in [0.4, 0.5) is 0 Å². The molecule has 12 nitrogen and oxygen atoms in total. The lowest BCUT2D eigenvalue weighted by molar-refractivity contribution is -0.145. The van der Waals surface area contributed by atoms with Crippen molar-refractivity contribution in [2.45, 2.75) is 33.0 Å². The van der Waals surface area contributed by atoms with Crippen LogP contribution >= 0.6 is 0 Å². The van der Waals surface area contributed by atoms with Crippen LogP contribution in [0.5, 0.6) is 34.5 Å². The minimum atomic E-state index is -0.963. The van der Waals surface area contributed by atoms with Crippen LogP contribution in [0.3, 0.4) is 0 Å². The number of esters is 3. The maximum atomic E-state index is 12.0. The summed E-state index contributed by atoms with van der Waals surface area (Å²) in [6.45, 7) is 3.95. The maximum absolute atomic E-state index is 12.0. The Kier molecular flexibility index (Phi) is 14.2. The van der Waals surface area contributed by atoms with E-state index < -0.39 is 18.2 Å². The molecule has 0 aliphatic heterocycles. The van der Waals surface area contributed by atoms with Crippen LogP contribution < -0.4 is 23.7 Å². The van der Waals surface area contributed by atoms with Crippen LogP contribution in [0.1, 0.15) is 43.6 Å². The lowest BCUT2D eigenvalue weighted by Gasteiger charge is -2.30. The zero-order chi connectivity index (χ0) is 35.1. The zero-order valence-electron chi connectivity index (χ0n) is 27.7. The number of hydrogen-bond acceptors (Lipinski definition) is 12. The van der Waals surface area contributed by atoms with Gasteiger partial charge in [-0.2, -0.15) is 0 Å². The van der Waals surface area contributed by atoms with E-state index in [2.05, 4.69) is 0 Å². The molecule has 0 radical (unpaired) electrons. The molecule has 0 saturated heterocycles. The van der Waals surface area contributed by atoms with Gasteiger partial charge < -0.3 is 43.0 Å². The topological polar surface area (TPSA) is 145 Å². The average Bonchev–Trinajstić information content (AvgIpc) is 3.06. The summed E-state index contributed by atoms with van der Waals surface area (Å²) in [4.78, 5) is 34.1. The number of methoxy groups -OCH3 is 3. The van der Waals surface area contributed by atoms with Crippen molar-refractivity contribution in [2.24, 2.45) is 0 Å². The van der Waals surface area contributed by atoms with E-state index in [9.17, 15) is 19.5 Å². The highest BCUT2D eigenvalue weighted by Gasteiger charge is 2.31. The lowest BCUT2D eigenvalue weighted by atomic mass is 10.0. The summed E-state index contributed by atoms with van der Waals surface area (Å²) >= 11 is 0. The van der Waals surface area contributed by atoms with Gasteiger partial charge in [0, 0.05) is 26.3 Å². The summed E-state index contributed by atoms with van der Waals surface area (Å²) in [6, 6.07) is 15.1. The summed E-state index contributed by atoms with van der Waals surface area (Å²) in [7, 11) is 4.40. The number of carbonyl (C=O) groups is 3. The van der Waals surface area contributed by atoms with E-state index in [1.165, 1.54) is 48.2 Å². The Morgan fingerprint density at radius 2 is 1.12 bits per heavy atom. The van der Waals surface area contributed by atoms with E-state index >= 15 is 0 Å². The fourth-order valence-corrected chi connectivity index (χ4v) is 4.38. The maximum Gasteiger partial charge on any atom is 0.302 e. The summed E-state index contributed by atoms with van der Waals surface area (Å²) in [6.07, 6.45) is 5.00. The Labute approximate surface area is 279 Å². The molecule has 0 aliphatic carbocycles. The molecule has 0 heterocycles. The smallest absolute Gasteiger partial charge is 0.302 e. The van der Waals surface area contributed by atoms with Crippen LogP contribution in [-0.2, 0) is 28.6 Å². The Hall–Kier alpha value is -5.65. The summed E-state index contributed by atoms with van der Waals surface area (Å²) in [5.74, 6) is 0.225. The molecule has 2 unspecified atom stereocenters. The number of ether oxygens (including phenoxy) is 8. The molecule has 0 spiro atoms. The predicted molar refractivity (Wildman–Crippen MR) is 176 cm³/mol. The number of hydrogen-bond donors (Lipinski definition) is 1. The van der Waals surface area contributed by atoms with Crippen LogP contribution in [-0.4, -0.2) is 70.3 Å². The molecule has 3 aromatic carbocycles. The van der Waals surface area contributed by atoms with E-state index in [-0.39, 0.29) is 43.3 Å². The fourth-order valence-electron chi connectivity index (χ4n) is 4.38. The highest BCUT2D eigenvalue weighted by molar-refractivity contribution is 5.67. The molecule has 1 N–H and O–H groups in total. The molecule has 0 aliphatic rings. The first kappa shape index (κ1) is 36.8. The first-order valence-corrected chi connectivity index (χ1v) is 14.8. The van der Waals surface area contributed by atoms with Crippen molar-refractivity contribution in [2.75, 3.05) is 41.2 Å². The number of phenolic OH excluding ortho intramolecular Hbond substituents is 1. The van der Waals surface area contributed by atoms with Crippen molar-refractivity contribution in [1.29, 1.82) is 0 Å². The van der Waals surface area contributed by atoms with Gasteiger partial charge in [-0.1, -0.05) is 30.4 Å². The minimum Gasteiger partial charge on any atom is -0.504 e. The molecule has 2 atom stereocenters. The van der Waals surface area contributed by atoms with Gasteiger partial charge in [0.2, 0.25) is 0 Å². The molecular weight excluding hydrogens is 624 g/mol. The first-order chi connectivity index (χ1) is 23.0. The van der Waals surface area contributed by atoms with E-state index in [1.54, 1.807) is 72.8 Å². The average molecular weight is 665 g/mol. The van der Waals surface area contributed by atoms with E-state index in [0.29, 0.717) is 28.6 Å². The standard InChI is InChI=1S/C36H40O12/c1-23(37)44-17-7-9-26-11-15-30(33(19-26)42-5)47-35(22-46-25(3)39)36(28-13-14-29(40)32(21-28)41-4)48-31-16-12-27(20-34(31)43-6)10-8-18-45-24(2)38/h7-16,19-21,35-36,40H,17-18,22H2,1-6H3. The van der Waals surface area contributed by atoms with Gasteiger partial charge in [-0.05, 0) is 59.7 Å². The molecule has 0 amide bonds. The number of rotatable bonds is 17. The summed E-state index contributed by atoms with van der Waals surface area (Å²) < 4.78 is 45.0. The highest BCUT2D eigenvalue weighted by Crippen LogP contribution is 2.39. The fraction of sp³-hybridized carbons (Fsp3) is 0.306. The Morgan fingerprint density at radius 3 is 1.60 bits per heavy atom. The monoisotopic (exact) mass is 664 g/mol. The van der Waals surface area contributed by atoms with Gasteiger partial charge >= 0.3 is 17.9 Å². The highest BCUT2D eigenvalue weighted by atomic mass is 16.6. The number of benzene rings is 3. The third-order valence-corrected chi connectivity index (χ3v) is 6.61. The normalized spacial score (nSPS) is 12.2. The minimum absolute atomic E-state index is 0.0843. The Balaban J connectivity index is 2.04. The SMILES string of the molecule is COc1cc(C(Oc2ccc(C=CCOC(C)=O)cc2OC)C(COC(C)=O)Oc2ccc(C=CCOC(C)=O)cc2OC)ccc1O. The molecule has 3 aromatic rings. The second-order valence-corrected chi connectivity index (χ2v) is 10.2. The van der Waals surface area contributed by atoms with Crippen molar-refractivity contribution in [1.82, 2.24) is 0 Å². The molecule has 48 heavy (non-hydrogen) atoms. The largest absolute Gasteiger partial charge is 0.504 e. The molecular formula is C36H40O12. The van der Waals surface area contributed by atoms with E-state index in [0.717, 1.165) is 11.1 Å². The van der Waals surface area contributed by atoms with Gasteiger partial charge in [0.25, 0.3) is 0 Å². The second kappa shape index (κ2) is 18.5. The molecule has 12 heteroatoms. The molecule has 256 valence electrons. The van der Waals surface area contributed by atoms with E-state index in [4.69, 9.17) is 37.9 Å². The van der Waals surface area contributed by atoms with E-state index in [1.807, 2.05) is 0 Å². The van der Waals surface area contributed by atoms with Crippen LogP contribution in [0.2, 0.25) is 0 Å². The van der Waals surface area contributed by atoms with Crippen molar-refractivity contribution < 1.29 is 57.4 Å². The van der Waals surface area contributed by atoms with Crippen LogP contribution in [0.25, 0.3) is 12.2 Å². The molecule has 0 saturated carbocycles. The molecule has 0 aromatic heterocycles. The third-order valence-electron chi connectivity index (χ3n) is 6.61. The second-order valence-electron chi connectivity index (χ2n) is 10.2. The number of phenols is 1. The van der Waals surface area contributed by atoms with Gasteiger partial charge in [-0.25, -0.2) is 0 Å². The summed E-state index contributed by atoms with van der Waals surface area (Å²) in [5, 5.41) is 10.3. The predicted octanol–water partition coefficient (Wildman–Crippen LogP) is 5.70. The third kappa shape index (κ3) is 11.3. The van der Waals surface area contributed by atoms with Gasteiger partial charge in [0.05, 0.1) is 21.3 Å². The Morgan fingerprint density at radius 1 is 0.625 bits per heavy atom. The van der Waals surface area contributed by atoms with Gasteiger partial charge in [0.15, 0.2) is 46.7 Å². The number of aromatic hydroxyl groups is 1. The molecule has 3 rings (SSSR count). The van der Waals surface area contributed by atoms with Crippen molar-refractivity contribution in [3.05, 3.63) is 83.4 Å². The van der Waals surface area contributed by atoms with Crippen LogP contribution in [0, 0.1) is 0 Å². The van der Waals surface area contributed by atoms with Gasteiger partial charge in [-0.3, -0.25) is 14.4 Å². The van der Waals surface area contributed by atoms with Gasteiger partial charge in [-0.15, -0.1) is 0 Å². The Bertz CT molecular complexity index is 1610. The molecule has 0 bridgehead atoms. The first-order valence-electron chi connectivity index (χ1n) is 14.8.